The highest BCUT2D eigenvalue weighted by Gasteiger charge is 2.60. The lowest BCUT2D eigenvalue weighted by molar-refractivity contribution is -0.0488. The molecule has 5 aliphatic rings. The highest BCUT2D eigenvalue weighted by atomic mass is 35.5. The van der Waals surface area contributed by atoms with Crippen molar-refractivity contribution < 1.29 is 23.7 Å². The largest absolute Gasteiger partial charge is 0.480 e. The number of anilines is 1. The first-order chi connectivity index (χ1) is 26.6. The molecule has 3 saturated carbocycles. The van der Waals surface area contributed by atoms with Crippen LogP contribution < -0.4 is 14.4 Å². The van der Waals surface area contributed by atoms with E-state index in [0.717, 1.165) is 69.9 Å². The predicted octanol–water partition coefficient (Wildman–Crippen LogP) is 7.39. The molecule has 1 aromatic carbocycles. The molecule has 5 fully saturated rings. The number of aromatic nitrogens is 5. The minimum absolute atomic E-state index is 0.0135. The van der Waals surface area contributed by atoms with E-state index < -0.39 is 11.4 Å². The minimum atomic E-state index is -1.19. The summed E-state index contributed by atoms with van der Waals surface area (Å²) in [5, 5.41) is 29.6. The molecule has 0 spiro atoms. The summed E-state index contributed by atoms with van der Waals surface area (Å²) in [6.45, 7) is 10.1. The molecule has 3 aliphatic carbocycles. The summed E-state index contributed by atoms with van der Waals surface area (Å²) >= 11 is 6.88. The van der Waals surface area contributed by atoms with Crippen LogP contribution >= 0.6 is 11.6 Å². The predicted molar refractivity (Wildman–Crippen MR) is 209 cm³/mol. The molecule has 6 unspecified atom stereocenters. The number of methoxy groups -OCH3 is 1. The van der Waals surface area contributed by atoms with Gasteiger partial charge in [-0.05, 0) is 89.3 Å². The van der Waals surface area contributed by atoms with Crippen molar-refractivity contribution >= 4 is 39.2 Å². The maximum Gasteiger partial charge on any atom is 0.319 e. The Labute approximate surface area is 326 Å². The molecule has 3 aromatic heterocycles. The number of nitrogens with zero attached hydrogens (tertiary/aromatic N) is 7. The van der Waals surface area contributed by atoms with Gasteiger partial charge in [0.25, 0.3) is 0 Å². The van der Waals surface area contributed by atoms with Gasteiger partial charge in [-0.2, -0.15) is 20.3 Å². The van der Waals surface area contributed by atoms with Crippen molar-refractivity contribution in [3.63, 3.8) is 0 Å². The molecule has 294 valence electrons. The number of aromatic amines is 1. The number of hydrogen-bond donors (Lipinski definition) is 2. The number of benzene rings is 1. The van der Waals surface area contributed by atoms with E-state index in [1.165, 1.54) is 7.11 Å². The molecule has 5 heterocycles. The van der Waals surface area contributed by atoms with Gasteiger partial charge in [-0.15, -0.1) is 0 Å². The molecule has 4 aromatic rings. The van der Waals surface area contributed by atoms with Gasteiger partial charge in [-0.1, -0.05) is 31.9 Å². The standard InChI is InChI=1S/C39H46ClFN8O4.C2H6/c1-22-16-25-23(17-43-47-25)28(30(22)40)32-31(41)33-29(35(44-32)51-3)34(48-14-15-52-20-37(2,50)19-48)46-36(45-33)53-21-39-9-4-6-27(39)49(13-5-10-39)26-8-12-38(18-42)11-7-24(26)38;1-2/h16-17,24,26-27,50H,4-15,19-21H2,1-3H3,(H,43,47);1-2H3. The summed E-state index contributed by atoms with van der Waals surface area (Å²) in [5.74, 6) is 0.238. The number of piperidine rings is 1. The van der Waals surface area contributed by atoms with Gasteiger partial charge >= 0.3 is 6.01 Å². The Balaban J connectivity index is 0.00000210. The van der Waals surface area contributed by atoms with Gasteiger partial charge in [-0.25, -0.2) is 9.37 Å². The van der Waals surface area contributed by atoms with E-state index in [1.54, 1.807) is 13.1 Å². The maximum atomic E-state index is 17.3. The van der Waals surface area contributed by atoms with E-state index in [1.807, 2.05) is 31.7 Å². The first-order valence-corrected chi connectivity index (χ1v) is 20.4. The zero-order valence-corrected chi connectivity index (χ0v) is 33.3. The summed E-state index contributed by atoms with van der Waals surface area (Å²) in [7, 11) is 1.48. The molecule has 0 bridgehead atoms. The van der Waals surface area contributed by atoms with Crippen LogP contribution in [0.5, 0.6) is 11.9 Å². The van der Waals surface area contributed by atoms with Crippen molar-refractivity contribution in [1.29, 1.82) is 5.26 Å². The number of pyridine rings is 1. The number of hydrogen-bond acceptors (Lipinski definition) is 11. The van der Waals surface area contributed by atoms with E-state index in [2.05, 4.69) is 21.2 Å². The van der Waals surface area contributed by atoms with Crippen molar-refractivity contribution in [3.05, 3.63) is 28.7 Å². The third-order valence-electron chi connectivity index (χ3n) is 13.2. The number of aliphatic hydroxyl groups is 1. The van der Waals surface area contributed by atoms with Crippen LogP contribution in [0.1, 0.15) is 84.1 Å². The zero-order valence-electron chi connectivity index (χ0n) is 32.6. The van der Waals surface area contributed by atoms with Crippen molar-refractivity contribution in [2.24, 2.45) is 16.7 Å². The topological polar surface area (TPSA) is 146 Å². The number of fused-ring (bicyclic) bond motifs is 4. The van der Waals surface area contributed by atoms with Crippen LogP contribution in [0.2, 0.25) is 5.02 Å². The summed E-state index contributed by atoms with van der Waals surface area (Å²) in [4.78, 5) is 19.1. The summed E-state index contributed by atoms with van der Waals surface area (Å²) in [5.41, 5.74) is 0.357. The maximum absolute atomic E-state index is 17.3. The third-order valence-corrected chi connectivity index (χ3v) is 13.7. The Morgan fingerprint density at radius 1 is 1.13 bits per heavy atom. The number of rotatable bonds is 7. The molecule has 6 atom stereocenters. The number of nitriles is 1. The van der Waals surface area contributed by atoms with E-state index in [-0.39, 0.29) is 52.5 Å². The lowest BCUT2D eigenvalue weighted by atomic mass is 9.61. The average Bonchev–Trinajstić information content (AvgIpc) is 3.85. The second kappa shape index (κ2) is 14.6. The average molecular weight is 775 g/mol. The lowest BCUT2D eigenvalue weighted by Crippen LogP contribution is -2.58. The number of H-pyrrole nitrogens is 1. The van der Waals surface area contributed by atoms with E-state index >= 15 is 4.39 Å². The molecule has 12 nitrogen and oxygen atoms in total. The van der Waals surface area contributed by atoms with Gasteiger partial charge in [0.1, 0.15) is 28.0 Å². The molecular formula is C41H52ClFN8O4. The highest BCUT2D eigenvalue weighted by Crippen LogP contribution is 2.60. The van der Waals surface area contributed by atoms with Crippen LogP contribution in [0.4, 0.5) is 10.2 Å². The monoisotopic (exact) mass is 774 g/mol. The van der Waals surface area contributed by atoms with Gasteiger partial charge in [0.15, 0.2) is 5.82 Å². The number of nitrogens with one attached hydrogen (secondary N) is 1. The fourth-order valence-corrected chi connectivity index (χ4v) is 10.8. The third kappa shape index (κ3) is 6.28. The molecule has 0 radical (unpaired) electrons. The summed E-state index contributed by atoms with van der Waals surface area (Å²) in [6, 6.07) is 5.42. The number of halogens is 2. The van der Waals surface area contributed by atoms with Crippen LogP contribution in [0, 0.1) is 40.8 Å². The molecule has 55 heavy (non-hydrogen) atoms. The van der Waals surface area contributed by atoms with Gasteiger partial charge in [0, 0.05) is 35.0 Å². The number of likely N-dealkylation sites (tertiary alicyclic amines) is 1. The summed E-state index contributed by atoms with van der Waals surface area (Å²) < 4.78 is 35.5. The van der Waals surface area contributed by atoms with Crippen molar-refractivity contribution in [2.75, 3.05) is 51.5 Å². The Bertz CT molecular complexity index is 2140. The Kier molecular flexibility index (Phi) is 10.1. The second-order valence-corrected chi connectivity index (χ2v) is 16.8. The quantitative estimate of drug-likeness (QED) is 0.194. The Hall–Kier alpha value is -3.83. The zero-order chi connectivity index (χ0) is 38.7. The fourth-order valence-electron chi connectivity index (χ4n) is 10.6. The van der Waals surface area contributed by atoms with Crippen molar-refractivity contribution in [1.82, 2.24) is 30.0 Å². The molecule has 9 rings (SSSR count). The smallest absolute Gasteiger partial charge is 0.319 e. The molecule has 14 heteroatoms. The fraction of sp³-hybridized carbons (Fsp3) is 0.634. The normalized spacial score (nSPS) is 30.5. The number of ether oxygens (including phenoxy) is 3. The van der Waals surface area contributed by atoms with E-state index in [4.69, 9.17) is 40.8 Å². The van der Waals surface area contributed by atoms with E-state index in [9.17, 15) is 10.4 Å². The number of β-amino-alcohol motifs (C(OH)–C–C–N with tert-alkyl or cyclic N) is 1. The van der Waals surface area contributed by atoms with Gasteiger partial charge < -0.3 is 24.2 Å². The first kappa shape index (κ1) is 38.1. The second-order valence-electron chi connectivity index (χ2n) is 16.4. The van der Waals surface area contributed by atoms with Crippen LogP contribution in [-0.2, 0) is 4.74 Å². The molecule has 2 aliphatic heterocycles. The molecule has 0 amide bonds. The van der Waals surface area contributed by atoms with Gasteiger partial charge in [0.05, 0.1) is 61.7 Å². The summed E-state index contributed by atoms with van der Waals surface area (Å²) in [6.07, 6.45) is 11.2. The number of aryl methyl sites for hydroxylation is 1. The van der Waals surface area contributed by atoms with Crippen LogP contribution in [0.25, 0.3) is 33.1 Å². The van der Waals surface area contributed by atoms with Crippen LogP contribution in [0.15, 0.2) is 12.3 Å². The Morgan fingerprint density at radius 3 is 2.67 bits per heavy atom. The Morgan fingerprint density at radius 2 is 1.93 bits per heavy atom. The molecular weight excluding hydrogens is 723 g/mol. The van der Waals surface area contributed by atoms with Crippen LogP contribution in [0.3, 0.4) is 0 Å². The molecule has 2 N–H and O–H groups in total. The molecule has 2 saturated heterocycles. The van der Waals surface area contributed by atoms with Crippen molar-refractivity contribution in [3.8, 4) is 29.2 Å². The lowest BCUT2D eigenvalue weighted by Gasteiger charge is -2.52. The SMILES string of the molecule is CC.COc1nc(-c2c(Cl)c(C)cc3[nH]ncc23)c(F)c2nc(OCC34CCCC3N(C3CCC5(C#N)CCC35)CCC4)nc(N3CCOCC(C)(O)C3)c12. The van der Waals surface area contributed by atoms with Crippen molar-refractivity contribution in [2.45, 2.75) is 103 Å². The minimum Gasteiger partial charge on any atom is -0.480 e. The van der Waals surface area contributed by atoms with Gasteiger partial charge in [0.2, 0.25) is 5.88 Å². The van der Waals surface area contributed by atoms with Gasteiger partial charge in [-0.3, -0.25) is 10.00 Å². The van der Waals surface area contributed by atoms with Crippen LogP contribution in [-0.4, -0.2) is 99.4 Å². The highest BCUT2D eigenvalue weighted by molar-refractivity contribution is 6.35. The van der Waals surface area contributed by atoms with E-state index in [0.29, 0.717) is 65.1 Å². The first-order valence-electron chi connectivity index (χ1n) is 20.0.